The molecule has 0 heterocycles. The van der Waals surface area contributed by atoms with E-state index in [1.54, 1.807) is 7.05 Å². The van der Waals surface area contributed by atoms with Crippen molar-refractivity contribution in [2.24, 2.45) is 0 Å². The standard InChI is InChI=1S/C12H15N3O/c1-3-15(2)12(16)14-11(9-13)10-7-5-4-6-8-10/h4-8,11H,3H2,1-2H3,(H,14,16). The van der Waals surface area contributed by atoms with Crippen molar-refractivity contribution in [3.8, 4) is 6.07 Å². The number of hydrogen-bond acceptors (Lipinski definition) is 2. The van der Waals surface area contributed by atoms with Gasteiger partial charge in [-0.2, -0.15) is 5.26 Å². The van der Waals surface area contributed by atoms with Crippen molar-refractivity contribution in [2.75, 3.05) is 13.6 Å². The van der Waals surface area contributed by atoms with Crippen LogP contribution in [0.5, 0.6) is 0 Å². The monoisotopic (exact) mass is 217 g/mol. The van der Waals surface area contributed by atoms with E-state index in [-0.39, 0.29) is 6.03 Å². The summed E-state index contributed by atoms with van der Waals surface area (Å²) >= 11 is 0. The van der Waals surface area contributed by atoms with Crippen molar-refractivity contribution < 1.29 is 4.79 Å². The quantitative estimate of drug-likeness (QED) is 0.840. The van der Waals surface area contributed by atoms with Crippen LogP contribution in [0.3, 0.4) is 0 Å². The lowest BCUT2D eigenvalue weighted by Gasteiger charge is -2.18. The third kappa shape index (κ3) is 2.99. The molecule has 1 aromatic carbocycles. The highest BCUT2D eigenvalue weighted by molar-refractivity contribution is 5.74. The van der Waals surface area contributed by atoms with Gasteiger partial charge in [0.05, 0.1) is 6.07 Å². The van der Waals surface area contributed by atoms with Gasteiger partial charge in [0.1, 0.15) is 6.04 Å². The number of carbonyl (C=O) groups excluding carboxylic acids is 1. The molecule has 0 saturated heterocycles. The number of urea groups is 1. The van der Waals surface area contributed by atoms with Crippen LogP contribution in [0.2, 0.25) is 0 Å². The van der Waals surface area contributed by atoms with Crippen molar-refractivity contribution >= 4 is 6.03 Å². The van der Waals surface area contributed by atoms with Crippen LogP contribution >= 0.6 is 0 Å². The van der Waals surface area contributed by atoms with Crippen LogP contribution in [-0.4, -0.2) is 24.5 Å². The molecule has 1 rings (SSSR count). The first-order chi connectivity index (χ1) is 7.69. The SMILES string of the molecule is CCN(C)C(=O)NC(C#N)c1ccccc1. The molecule has 0 spiro atoms. The average Bonchev–Trinajstić information content (AvgIpc) is 2.35. The van der Waals surface area contributed by atoms with Gasteiger partial charge < -0.3 is 10.2 Å². The molecule has 2 amide bonds. The number of nitriles is 1. The summed E-state index contributed by atoms with van der Waals surface area (Å²) in [6, 6.07) is 10.4. The Hall–Kier alpha value is -2.02. The smallest absolute Gasteiger partial charge is 0.318 e. The van der Waals surface area contributed by atoms with Crippen LogP contribution in [-0.2, 0) is 0 Å². The second-order valence-electron chi connectivity index (χ2n) is 3.44. The van der Waals surface area contributed by atoms with E-state index in [1.165, 1.54) is 4.90 Å². The van der Waals surface area contributed by atoms with Crippen LogP contribution in [0.4, 0.5) is 4.79 Å². The maximum absolute atomic E-state index is 11.6. The largest absolute Gasteiger partial charge is 0.328 e. The molecule has 0 saturated carbocycles. The number of nitrogens with one attached hydrogen (secondary N) is 1. The molecule has 0 aliphatic heterocycles. The Morgan fingerprint density at radius 1 is 1.50 bits per heavy atom. The van der Waals surface area contributed by atoms with Gasteiger partial charge in [-0.3, -0.25) is 0 Å². The van der Waals surface area contributed by atoms with E-state index < -0.39 is 6.04 Å². The topological polar surface area (TPSA) is 56.1 Å². The second-order valence-corrected chi connectivity index (χ2v) is 3.44. The first-order valence-electron chi connectivity index (χ1n) is 5.15. The number of rotatable bonds is 3. The van der Waals surface area contributed by atoms with Crippen LogP contribution in [0.15, 0.2) is 30.3 Å². The number of benzene rings is 1. The Kier molecular flexibility index (Phi) is 4.34. The summed E-state index contributed by atoms with van der Waals surface area (Å²) in [5, 5.41) is 11.7. The molecule has 1 unspecified atom stereocenters. The molecule has 84 valence electrons. The first kappa shape index (κ1) is 12.1. The molecule has 1 aromatic rings. The van der Waals surface area contributed by atoms with Gasteiger partial charge in [-0.25, -0.2) is 4.79 Å². The summed E-state index contributed by atoms with van der Waals surface area (Å²) in [5.41, 5.74) is 0.794. The van der Waals surface area contributed by atoms with Gasteiger partial charge >= 0.3 is 6.03 Å². The minimum Gasteiger partial charge on any atom is -0.328 e. The highest BCUT2D eigenvalue weighted by Gasteiger charge is 2.14. The minimum atomic E-state index is -0.595. The fourth-order valence-corrected chi connectivity index (χ4v) is 1.21. The Morgan fingerprint density at radius 2 is 2.12 bits per heavy atom. The zero-order valence-corrected chi connectivity index (χ0v) is 9.47. The molecule has 4 nitrogen and oxygen atoms in total. The normalized spacial score (nSPS) is 11.3. The zero-order valence-electron chi connectivity index (χ0n) is 9.47. The molecule has 0 radical (unpaired) electrons. The summed E-state index contributed by atoms with van der Waals surface area (Å²) in [5.74, 6) is 0. The molecule has 0 aromatic heterocycles. The molecule has 0 aliphatic carbocycles. The van der Waals surface area contributed by atoms with E-state index in [4.69, 9.17) is 5.26 Å². The second kappa shape index (κ2) is 5.76. The zero-order chi connectivity index (χ0) is 12.0. The van der Waals surface area contributed by atoms with E-state index in [1.807, 2.05) is 37.3 Å². The maximum atomic E-state index is 11.6. The fourth-order valence-electron chi connectivity index (χ4n) is 1.21. The number of amides is 2. The van der Waals surface area contributed by atoms with Gasteiger partial charge in [0.25, 0.3) is 0 Å². The highest BCUT2D eigenvalue weighted by atomic mass is 16.2. The highest BCUT2D eigenvalue weighted by Crippen LogP contribution is 2.11. The number of nitrogens with zero attached hydrogens (tertiary/aromatic N) is 2. The van der Waals surface area contributed by atoms with Gasteiger partial charge in [0.2, 0.25) is 0 Å². The molecular formula is C12H15N3O. The van der Waals surface area contributed by atoms with E-state index in [2.05, 4.69) is 11.4 Å². The Morgan fingerprint density at radius 3 is 2.62 bits per heavy atom. The lowest BCUT2D eigenvalue weighted by Crippen LogP contribution is -2.38. The van der Waals surface area contributed by atoms with E-state index in [0.29, 0.717) is 6.54 Å². The summed E-state index contributed by atoms with van der Waals surface area (Å²) in [6.45, 7) is 2.49. The van der Waals surface area contributed by atoms with Crippen molar-refractivity contribution in [1.82, 2.24) is 10.2 Å². The molecular weight excluding hydrogens is 202 g/mol. The third-order valence-electron chi connectivity index (χ3n) is 2.35. The van der Waals surface area contributed by atoms with Gasteiger partial charge in [0, 0.05) is 13.6 Å². The Labute approximate surface area is 95.5 Å². The van der Waals surface area contributed by atoms with Crippen LogP contribution in [0.1, 0.15) is 18.5 Å². The third-order valence-corrected chi connectivity index (χ3v) is 2.35. The summed E-state index contributed by atoms with van der Waals surface area (Å²) < 4.78 is 0. The van der Waals surface area contributed by atoms with E-state index in [9.17, 15) is 4.79 Å². The van der Waals surface area contributed by atoms with Gasteiger partial charge in [-0.05, 0) is 12.5 Å². The van der Waals surface area contributed by atoms with E-state index >= 15 is 0 Å². The fraction of sp³-hybridized carbons (Fsp3) is 0.333. The van der Waals surface area contributed by atoms with Crippen LogP contribution in [0, 0.1) is 11.3 Å². The molecule has 0 bridgehead atoms. The summed E-state index contributed by atoms with van der Waals surface area (Å²) in [7, 11) is 1.69. The summed E-state index contributed by atoms with van der Waals surface area (Å²) in [6.07, 6.45) is 0. The maximum Gasteiger partial charge on any atom is 0.318 e. The van der Waals surface area contributed by atoms with Crippen LogP contribution < -0.4 is 5.32 Å². The molecule has 1 atom stereocenters. The molecule has 0 aliphatic rings. The molecule has 4 heteroatoms. The van der Waals surface area contributed by atoms with Crippen molar-refractivity contribution in [2.45, 2.75) is 13.0 Å². The van der Waals surface area contributed by atoms with Gasteiger partial charge in [-0.15, -0.1) is 0 Å². The molecule has 1 N–H and O–H groups in total. The summed E-state index contributed by atoms with van der Waals surface area (Å²) in [4.78, 5) is 13.1. The average molecular weight is 217 g/mol. The van der Waals surface area contributed by atoms with Crippen molar-refractivity contribution in [3.63, 3.8) is 0 Å². The Bertz CT molecular complexity index is 383. The number of hydrogen-bond donors (Lipinski definition) is 1. The van der Waals surface area contributed by atoms with Gasteiger partial charge in [-0.1, -0.05) is 30.3 Å². The van der Waals surface area contributed by atoms with Gasteiger partial charge in [0.15, 0.2) is 0 Å². The van der Waals surface area contributed by atoms with E-state index in [0.717, 1.165) is 5.56 Å². The predicted octanol–water partition coefficient (Wildman–Crippen LogP) is 1.91. The van der Waals surface area contributed by atoms with Crippen LogP contribution in [0.25, 0.3) is 0 Å². The van der Waals surface area contributed by atoms with Crippen molar-refractivity contribution in [3.05, 3.63) is 35.9 Å². The minimum absolute atomic E-state index is 0.238. The molecule has 16 heavy (non-hydrogen) atoms. The predicted molar refractivity (Wildman–Crippen MR) is 61.6 cm³/mol. The lowest BCUT2D eigenvalue weighted by atomic mass is 10.1. The molecule has 0 fully saturated rings. The van der Waals surface area contributed by atoms with Crippen molar-refractivity contribution in [1.29, 1.82) is 5.26 Å². The lowest BCUT2D eigenvalue weighted by molar-refractivity contribution is 0.209. The first-order valence-corrected chi connectivity index (χ1v) is 5.15. The number of carbonyl (C=O) groups is 1. The Balaban J connectivity index is 2.72.